The second kappa shape index (κ2) is 7.57. The van der Waals surface area contributed by atoms with Crippen LogP contribution in [-0.2, 0) is 16.0 Å². The molecule has 2 aromatic rings. The SMILES string of the molecule is CN(CC(=O)Nc1ccccc1Cl)C(=O)CN1CCc2ccccc21. The Morgan fingerprint density at radius 1 is 1.16 bits per heavy atom. The van der Waals surface area contributed by atoms with Gasteiger partial charge in [0.05, 0.1) is 23.8 Å². The summed E-state index contributed by atoms with van der Waals surface area (Å²) in [5, 5.41) is 3.20. The molecule has 3 rings (SSSR count). The molecule has 0 unspecified atom stereocenters. The van der Waals surface area contributed by atoms with Gasteiger partial charge in [-0.25, -0.2) is 0 Å². The van der Waals surface area contributed by atoms with E-state index in [2.05, 4.69) is 16.3 Å². The van der Waals surface area contributed by atoms with E-state index in [9.17, 15) is 9.59 Å². The fourth-order valence-corrected chi connectivity index (χ4v) is 3.09. The minimum absolute atomic E-state index is 0.0143. The molecule has 0 atom stereocenters. The largest absolute Gasteiger partial charge is 0.362 e. The number of fused-ring (bicyclic) bond motifs is 1. The summed E-state index contributed by atoms with van der Waals surface area (Å²) in [4.78, 5) is 28.1. The van der Waals surface area contributed by atoms with E-state index in [1.165, 1.54) is 10.5 Å². The average Bonchev–Trinajstić information content (AvgIpc) is 3.00. The first-order valence-electron chi connectivity index (χ1n) is 8.16. The van der Waals surface area contributed by atoms with Gasteiger partial charge in [0.25, 0.3) is 0 Å². The summed E-state index contributed by atoms with van der Waals surface area (Å²) >= 11 is 6.03. The lowest BCUT2D eigenvalue weighted by atomic mass is 10.2. The highest BCUT2D eigenvalue weighted by atomic mass is 35.5. The van der Waals surface area contributed by atoms with E-state index in [4.69, 9.17) is 11.6 Å². The van der Waals surface area contributed by atoms with Crippen LogP contribution in [0.3, 0.4) is 0 Å². The number of hydrogen-bond donors (Lipinski definition) is 1. The summed E-state index contributed by atoms with van der Waals surface area (Å²) in [6.07, 6.45) is 0.945. The molecule has 0 bridgehead atoms. The lowest BCUT2D eigenvalue weighted by molar-refractivity contribution is -0.132. The third kappa shape index (κ3) is 4.12. The van der Waals surface area contributed by atoms with Crippen LogP contribution in [0.1, 0.15) is 5.56 Å². The van der Waals surface area contributed by atoms with Gasteiger partial charge >= 0.3 is 0 Å². The van der Waals surface area contributed by atoms with E-state index in [1.807, 2.05) is 18.2 Å². The number of anilines is 2. The molecule has 0 aromatic heterocycles. The zero-order chi connectivity index (χ0) is 17.8. The lowest BCUT2D eigenvalue weighted by Crippen LogP contribution is -2.41. The molecule has 25 heavy (non-hydrogen) atoms. The van der Waals surface area contributed by atoms with Crippen molar-refractivity contribution in [3.05, 3.63) is 59.1 Å². The summed E-state index contributed by atoms with van der Waals surface area (Å²) in [7, 11) is 1.64. The van der Waals surface area contributed by atoms with Crippen LogP contribution in [0, 0.1) is 0 Å². The zero-order valence-electron chi connectivity index (χ0n) is 14.0. The van der Waals surface area contributed by atoms with E-state index in [0.717, 1.165) is 18.7 Å². The quantitative estimate of drug-likeness (QED) is 0.895. The highest BCUT2D eigenvalue weighted by Crippen LogP contribution is 2.27. The third-order valence-electron chi connectivity index (χ3n) is 4.26. The van der Waals surface area contributed by atoms with Crippen molar-refractivity contribution in [3.8, 4) is 0 Å². The maximum absolute atomic E-state index is 12.4. The summed E-state index contributed by atoms with van der Waals surface area (Å²) in [6.45, 7) is 1.08. The first-order chi connectivity index (χ1) is 12.0. The van der Waals surface area contributed by atoms with Crippen molar-refractivity contribution in [2.75, 3.05) is 36.9 Å². The molecule has 1 aliphatic heterocycles. The highest BCUT2D eigenvalue weighted by Gasteiger charge is 2.22. The Labute approximate surface area is 152 Å². The summed E-state index contributed by atoms with van der Waals surface area (Å²) in [5.74, 6) is -0.364. The Bertz CT molecular complexity index is 794. The number of hydrogen-bond acceptors (Lipinski definition) is 3. The Morgan fingerprint density at radius 2 is 1.88 bits per heavy atom. The lowest BCUT2D eigenvalue weighted by Gasteiger charge is -2.23. The number of carbonyl (C=O) groups excluding carboxylic acids is 2. The number of rotatable bonds is 5. The van der Waals surface area contributed by atoms with Crippen LogP contribution in [0.5, 0.6) is 0 Å². The molecule has 2 aromatic carbocycles. The smallest absolute Gasteiger partial charge is 0.244 e. The summed E-state index contributed by atoms with van der Waals surface area (Å²) < 4.78 is 0. The number of likely N-dealkylation sites (N-methyl/N-ethyl adjacent to an activating group) is 1. The fraction of sp³-hybridized carbons (Fsp3) is 0.263. The summed E-state index contributed by atoms with van der Waals surface area (Å²) in [5.41, 5.74) is 2.91. The normalized spacial score (nSPS) is 12.6. The number of amides is 2. The first-order valence-corrected chi connectivity index (χ1v) is 8.53. The van der Waals surface area contributed by atoms with Gasteiger partial charge in [-0.05, 0) is 30.2 Å². The van der Waals surface area contributed by atoms with Crippen molar-refractivity contribution in [2.24, 2.45) is 0 Å². The second-order valence-corrected chi connectivity index (χ2v) is 6.49. The van der Waals surface area contributed by atoms with E-state index in [0.29, 0.717) is 10.7 Å². The van der Waals surface area contributed by atoms with E-state index in [1.54, 1.807) is 31.3 Å². The van der Waals surface area contributed by atoms with Crippen LogP contribution in [-0.4, -0.2) is 43.4 Å². The molecule has 0 saturated carbocycles. The number of para-hydroxylation sites is 2. The second-order valence-electron chi connectivity index (χ2n) is 6.08. The number of carbonyl (C=O) groups is 2. The first kappa shape index (κ1) is 17.3. The molecule has 1 N–H and O–H groups in total. The molecule has 0 fully saturated rings. The van der Waals surface area contributed by atoms with E-state index < -0.39 is 0 Å². The van der Waals surface area contributed by atoms with Gasteiger partial charge in [0, 0.05) is 19.3 Å². The van der Waals surface area contributed by atoms with Crippen molar-refractivity contribution in [1.82, 2.24) is 4.90 Å². The van der Waals surface area contributed by atoms with E-state index >= 15 is 0 Å². The van der Waals surface area contributed by atoms with Crippen LogP contribution >= 0.6 is 11.6 Å². The molecular weight excluding hydrogens is 338 g/mol. The number of nitrogens with one attached hydrogen (secondary N) is 1. The van der Waals surface area contributed by atoms with Gasteiger partial charge in [-0.1, -0.05) is 41.9 Å². The maximum atomic E-state index is 12.4. The number of halogens is 1. The fourth-order valence-electron chi connectivity index (χ4n) is 2.91. The van der Waals surface area contributed by atoms with Gasteiger partial charge in [-0.2, -0.15) is 0 Å². The number of benzene rings is 2. The van der Waals surface area contributed by atoms with Crippen LogP contribution in [0.4, 0.5) is 11.4 Å². The zero-order valence-corrected chi connectivity index (χ0v) is 14.8. The van der Waals surface area contributed by atoms with Crippen molar-refractivity contribution in [1.29, 1.82) is 0 Å². The molecule has 1 heterocycles. The molecule has 0 spiro atoms. The standard InChI is InChI=1S/C19H20ClN3O2/c1-22(12-18(24)21-16-8-4-3-7-15(16)20)19(25)13-23-11-10-14-6-2-5-9-17(14)23/h2-9H,10-13H2,1H3,(H,21,24). The number of nitrogens with zero attached hydrogens (tertiary/aromatic N) is 2. The molecule has 0 radical (unpaired) electrons. The van der Waals surface area contributed by atoms with Gasteiger partial charge < -0.3 is 15.1 Å². The van der Waals surface area contributed by atoms with Crippen LogP contribution in [0.25, 0.3) is 0 Å². The van der Waals surface area contributed by atoms with Gasteiger partial charge in [-0.3, -0.25) is 9.59 Å². The molecule has 0 saturated heterocycles. The van der Waals surface area contributed by atoms with Crippen LogP contribution in [0.15, 0.2) is 48.5 Å². The highest BCUT2D eigenvalue weighted by molar-refractivity contribution is 6.33. The molecule has 5 nitrogen and oxygen atoms in total. The molecule has 6 heteroatoms. The Kier molecular flexibility index (Phi) is 5.24. The summed E-state index contributed by atoms with van der Waals surface area (Å²) in [6, 6.07) is 15.1. The van der Waals surface area contributed by atoms with Gasteiger partial charge in [0.2, 0.25) is 11.8 Å². The predicted molar refractivity (Wildman–Crippen MR) is 100 cm³/mol. The molecule has 0 aliphatic carbocycles. The maximum Gasteiger partial charge on any atom is 0.244 e. The molecule has 1 aliphatic rings. The Hall–Kier alpha value is -2.53. The van der Waals surface area contributed by atoms with Crippen molar-refractivity contribution < 1.29 is 9.59 Å². The third-order valence-corrected chi connectivity index (χ3v) is 4.59. The average molecular weight is 358 g/mol. The van der Waals surface area contributed by atoms with Gasteiger partial charge in [0.15, 0.2) is 0 Å². The monoisotopic (exact) mass is 357 g/mol. The molecule has 130 valence electrons. The minimum atomic E-state index is -0.272. The topological polar surface area (TPSA) is 52.7 Å². The predicted octanol–water partition coefficient (Wildman–Crippen LogP) is 2.80. The van der Waals surface area contributed by atoms with Crippen LogP contribution in [0.2, 0.25) is 5.02 Å². The minimum Gasteiger partial charge on any atom is -0.362 e. The van der Waals surface area contributed by atoms with E-state index in [-0.39, 0.29) is 24.9 Å². The molecule has 2 amide bonds. The van der Waals surface area contributed by atoms with Crippen LogP contribution < -0.4 is 10.2 Å². The van der Waals surface area contributed by atoms with Crippen molar-refractivity contribution >= 4 is 34.8 Å². The van der Waals surface area contributed by atoms with Gasteiger partial charge in [0.1, 0.15) is 0 Å². The van der Waals surface area contributed by atoms with Crippen molar-refractivity contribution in [2.45, 2.75) is 6.42 Å². The molecular formula is C19H20ClN3O2. The van der Waals surface area contributed by atoms with Crippen molar-refractivity contribution in [3.63, 3.8) is 0 Å². The Balaban J connectivity index is 1.55. The Morgan fingerprint density at radius 3 is 2.68 bits per heavy atom. The van der Waals surface area contributed by atoms with Gasteiger partial charge in [-0.15, -0.1) is 0 Å².